The quantitative estimate of drug-likeness (QED) is 0.539. The van der Waals surface area contributed by atoms with Gasteiger partial charge in [-0.2, -0.15) is 0 Å². The number of benzene rings is 2. The van der Waals surface area contributed by atoms with Crippen LogP contribution in [0.4, 0.5) is 0 Å². The number of imidazole rings is 1. The number of ketones is 1. The molecule has 5 nitrogen and oxygen atoms in total. The topological polar surface area (TPSA) is 56.9 Å². The monoisotopic (exact) mass is 329 g/mol. The maximum atomic E-state index is 12.9. The van der Waals surface area contributed by atoms with Crippen LogP contribution in [0, 0.1) is 0 Å². The second-order valence-electron chi connectivity index (χ2n) is 6.45. The minimum Gasteiger partial charge on any atom is -0.294 e. The average molecular weight is 329 g/mol. The van der Waals surface area contributed by atoms with Gasteiger partial charge in [0.1, 0.15) is 0 Å². The van der Waals surface area contributed by atoms with E-state index in [0.29, 0.717) is 6.42 Å². The Labute approximate surface area is 143 Å². The lowest BCUT2D eigenvalue weighted by molar-refractivity contribution is 0.0994. The van der Waals surface area contributed by atoms with E-state index in [1.165, 1.54) is 0 Å². The van der Waals surface area contributed by atoms with Gasteiger partial charge in [-0.3, -0.25) is 18.9 Å². The first kappa shape index (κ1) is 14.2. The minimum atomic E-state index is -0.113. The van der Waals surface area contributed by atoms with Crippen molar-refractivity contribution in [3.05, 3.63) is 70.3 Å². The highest BCUT2D eigenvalue weighted by molar-refractivity contribution is 6.03. The molecule has 1 aliphatic carbocycles. The number of hydrogen-bond acceptors (Lipinski definition) is 3. The highest BCUT2D eigenvalue weighted by atomic mass is 16.1. The molecule has 0 bridgehead atoms. The van der Waals surface area contributed by atoms with E-state index in [2.05, 4.69) is 4.98 Å². The largest absolute Gasteiger partial charge is 0.333 e. The second-order valence-corrected chi connectivity index (χ2v) is 6.45. The van der Waals surface area contributed by atoms with Gasteiger partial charge in [-0.05, 0) is 36.2 Å². The van der Waals surface area contributed by atoms with Gasteiger partial charge < -0.3 is 0 Å². The fraction of sp³-hybridized carbons (Fsp3) is 0.150. The van der Waals surface area contributed by atoms with Crippen LogP contribution in [0.2, 0.25) is 0 Å². The van der Waals surface area contributed by atoms with Crippen molar-refractivity contribution in [3.8, 4) is 5.69 Å². The Morgan fingerprint density at radius 1 is 1.04 bits per heavy atom. The molecule has 2 aromatic heterocycles. The third-order valence-electron chi connectivity index (χ3n) is 5.06. The molecule has 0 unspecified atom stereocenters. The molecule has 2 heterocycles. The molecular weight excluding hydrogens is 314 g/mol. The summed E-state index contributed by atoms with van der Waals surface area (Å²) in [6, 6.07) is 13.5. The zero-order valence-corrected chi connectivity index (χ0v) is 13.7. The van der Waals surface area contributed by atoms with E-state index >= 15 is 0 Å². The van der Waals surface area contributed by atoms with Crippen LogP contribution < -0.4 is 5.69 Å². The normalized spacial score (nSPS) is 13.7. The van der Waals surface area contributed by atoms with Gasteiger partial charge in [0.25, 0.3) is 0 Å². The maximum Gasteiger partial charge on any atom is 0.333 e. The summed E-state index contributed by atoms with van der Waals surface area (Å²) in [6.07, 6.45) is 3.03. The standard InChI is InChI=1S/C20H15N3O2/c1-22-17-11-21-16-5-3-2-4-15(16)19(17)23(20(22)25)13-7-8-14-12(10-13)6-9-18(14)24/h2-5,7-8,10-11H,6,9H2,1H3. The van der Waals surface area contributed by atoms with Crippen LogP contribution >= 0.6 is 0 Å². The molecule has 0 amide bonds. The highest BCUT2D eigenvalue weighted by Crippen LogP contribution is 2.28. The summed E-state index contributed by atoms with van der Waals surface area (Å²) in [6.45, 7) is 0. The van der Waals surface area contributed by atoms with Crippen LogP contribution in [-0.4, -0.2) is 19.9 Å². The number of Topliss-reactive ketones (excluding diaryl/α,β-unsaturated/α-hetero) is 1. The minimum absolute atomic E-state index is 0.113. The maximum absolute atomic E-state index is 12.9. The van der Waals surface area contributed by atoms with Crippen molar-refractivity contribution in [3.63, 3.8) is 0 Å². The SMILES string of the molecule is Cn1c(=O)n(-c2ccc3c(c2)CCC3=O)c2c3ccccc3ncc21. The average Bonchev–Trinajstić information content (AvgIpc) is 3.13. The van der Waals surface area contributed by atoms with Crippen molar-refractivity contribution in [2.45, 2.75) is 12.8 Å². The Morgan fingerprint density at radius 2 is 1.88 bits per heavy atom. The molecule has 4 aromatic rings. The van der Waals surface area contributed by atoms with Crippen molar-refractivity contribution >= 4 is 27.7 Å². The molecule has 0 saturated carbocycles. The van der Waals surface area contributed by atoms with Gasteiger partial charge in [-0.15, -0.1) is 0 Å². The van der Waals surface area contributed by atoms with Crippen molar-refractivity contribution < 1.29 is 4.79 Å². The molecule has 0 spiro atoms. The number of rotatable bonds is 1. The first-order valence-electron chi connectivity index (χ1n) is 8.27. The van der Waals surface area contributed by atoms with Gasteiger partial charge >= 0.3 is 5.69 Å². The number of carbonyl (C=O) groups excluding carboxylic acids is 1. The Morgan fingerprint density at radius 3 is 2.76 bits per heavy atom. The van der Waals surface area contributed by atoms with E-state index in [1.54, 1.807) is 22.4 Å². The fourth-order valence-corrected chi connectivity index (χ4v) is 3.77. The van der Waals surface area contributed by atoms with E-state index in [4.69, 9.17) is 0 Å². The molecule has 0 saturated heterocycles. The highest BCUT2D eigenvalue weighted by Gasteiger charge is 2.21. The summed E-state index contributed by atoms with van der Waals surface area (Å²) >= 11 is 0. The Bertz CT molecular complexity index is 1250. The first-order chi connectivity index (χ1) is 12.1. The summed E-state index contributed by atoms with van der Waals surface area (Å²) in [7, 11) is 1.76. The summed E-state index contributed by atoms with van der Waals surface area (Å²) < 4.78 is 3.34. The number of aryl methyl sites for hydroxylation is 2. The number of hydrogen-bond donors (Lipinski definition) is 0. The van der Waals surface area contributed by atoms with E-state index in [9.17, 15) is 9.59 Å². The number of para-hydroxylation sites is 1. The Kier molecular flexibility index (Phi) is 2.77. The van der Waals surface area contributed by atoms with Gasteiger partial charge in [0.15, 0.2) is 5.78 Å². The van der Waals surface area contributed by atoms with Crippen LogP contribution in [-0.2, 0) is 13.5 Å². The van der Waals surface area contributed by atoms with Crippen molar-refractivity contribution in [2.24, 2.45) is 7.05 Å². The van der Waals surface area contributed by atoms with Crippen LogP contribution in [0.3, 0.4) is 0 Å². The molecule has 5 heteroatoms. The summed E-state index contributed by atoms with van der Waals surface area (Å²) in [4.78, 5) is 29.3. The van der Waals surface area contributed by atoms with Crippen LogP contribution in [0.25, 0.3) is 27.6 Å². The molecule has 1 aliphatic rings. The van der Waals surface area contributed by atoms with Crippen molar-refractivity contribution in [2.75, 3.05) is 0 Å². The number of carbonyl (C=O) groups is 1. The fourth-order valence-electron chi connectivity index (χ4n) is 3.77. The Balaban J connectivity index is 1.91. The summed E-state index contributed by atoms with van der Waals surface area (Å²) in [5.74, 6) is 0.182. The molecule has 25 heavy (non-hydrogen) atoms. The lowest BCUT2D eigenvalue weighted by Crippen LogP contribution is -2.21. The predicted octanol–water partition coefficient (Wildman–Crippen LogP) is 3.01. The molecule has 5 rings (SSSR count). The van der Waals surface area contributed by atoms with Gasteiger partial charge in [0.05, 0.1) is 28.4 Å². The van der Waals surface area contributed by atoms with E-state index < -0.39 is 0 Å². The smallest absolute Gasteiger partial charge is 0.294 e. The van der Waals surface area contributed by atoms with Crippen molar-refractivity contribution in [1.29, 1.82) is 0 Å². The molecule has 0 N–H and O–H groups in total. The van der Waals surface area contributed by atoms with Crippen LogP contribution in [0.5, 0.6) is 0 Å². The lowest BCUT2D eigenvalue weighted by atomic mass is 10.1. The zero-order chi connectivity index (χ0) is 17.1. The van der Waals surface area contributed by atoms with Crippen LogP contribution in [0.1, 0.15) is 22.3 Å². The second kappa shape index (κ2) is 4.89. The Hall–Kier alpha value is -3.21. The zero-order valence-electron chi connectivity index (χ0n) is 13.7. The third kappa shape index (κ3) is 1.86. The number of pyridine rings is 1. The molecule has 122 valence electrons. The van der Waals surface area contributed by atoms with Crippen molar-refractivity contribution in [1.82, 2.24) is 14.1 Å². The molecule has 2 aromatic carbocycles. The van der Waals surface area contributed by atoms with E-state index in [1.807, 2.05) is 42.5 Å². The summed E-state index contributed by atoms with van der Waals surface area (Å²) in [5, 5.41) is 0.939. The number of nitrogens with zero attached hydrogens (tertiary/aromatic N) is 3. The first-order valence-corrected chi connectivity index (χ1v) is 8.27. The number of fused-ring (bicyclic) bond motifs is 4. The van der Waals surface area contributed by atoms with Gasteiger partial charge in [-0.1, -0.05) is 18.2 Å². The molecule has 0 fully saturated rings. The van der Waals surface area contributed by atoms with E-state index in [-0.39, 0.29) is 11.5 Å². The number of aromatic nitrogens is 3. The molecular formula is C20H15N3O2. The summed E-state index contributed by atoms with van der Waals surface area (Å²) in [5.41, 5.74) is 4.97. The lowest BCUT2D eigenvalue weighted by Gasteiger charge is -2.07. The molecule has 0 radical (unpaired) electrons. The van der Waals surface area contributed by atoms with Gasteiger partial charge in [0.2, 0.25) is 0 Å². The molecule has 0 aliphatic heterocycles. The molecule has 0 atom stereocenters. The van der Waals surface area contributed by atoms with Crippen LogP contribution in [0.15, 0.2) is 53.5 Å². The van der Waals surface area contributed by atoms with Gasteiger partial charge in [-0.25, -0.2) is 4.79 Å². The van der Waals surface area contributed by atoms with Gasteiger partial charge in [0, 0.05) is 24.4 Å². The third-order valence-corrected chi connectivity index (χ3v) is 5.06. The predicted molar refractivity (Wildman–Crippen MR) is 96.5 cm³/mol. The van der Waals surface area contributed by atoms with E-state index in [0.717, 1.165) is 45.2 Å².